The van der Waals surface area contributed by atoms with Crippen molar-refractivity contribution >= 4 is 69.8 Å². The molecule has 0 spiro atoms. The fourth-order valence-corrected chi connectivity index (χ4v) is 7.94. The van der Waals surface area contributed by atoms with Gasteiger partial charge in [-0.15, -0.1) is 0 Å². The highest BCUT2D eigenvalue weighted by molar-refractivity contribution is 8.00. The summed E-state index contributed by atoms with van der Waals surface area (Å²) in [5.41, 5.74) is 1.74. The standard InChI is InChI=1S/C31H24ClN3O7S2/c1-2-41-30(39)16-7-13-19(14-8-16)35-28(37)24-23(25-27(34-31(40)44-25)43-26(24)29(35)38)20-5-3-4-6-21(20)42-15-22(36)33-18-11-9-17(32)10-12-18/h3-14,23-24,26H,2,15H2,1H3,(H,33,36)(H,34,40)/t23-,24-,26+/m0/s1. The molecule has 3 amide bonds. The quantitative estimate of drug-likeness (QED) is 0.199. The number of amides is 3. The molecular weight excluding hydrogens is 626 g/mol. The van der Waals surface area contributed by atoms with Crippen molar-refractivity contribution in [2.45, 2.75) is 23.1 Å². The lowest BCUT2D eigenvalue weighted by atomic mass is 9.82. The van der Waals surface area contributed by atoms with Gasteiger partial charge in [-0.2, -0.15) is 0 Å². The van der Waals surface area contributed by atoms with Gasteiger partial charge in [-0.3, -0.25) is 19.2 Å². The second kappa shape index (κ2) is 12.3. The summed E-state index contributed by atoms with van der Waals surface area (Å²) < 4.78 is 11.0. The van der Waals surface area contributed by atoms with Crippen molar-refractivity contribution in [3.8, 4) is 5.75 Å². The molecule has 0 bridgehead atoms. The minimum Gasteiger partial charge on any atom is -0.483 e. The number of carbonyl (C=O) groups excluding carboxylic acids is 4. The zero-order valence-electron chi connectivity index (χ0n) is 23.1. The average Bonchev–Trinajstić information content (AvgIpc) is 3.51. The predicted molar refractivity (Wildman–Crippen MR) is 167 cm³/mol. The molecule has 2 aliphatic heterocycles. The molecule has 0 aliphatic carbocycles. The summed E-state index contributed by atoms with van der Waals surface area (Å²) >= 11 is 8.05. The number of fused-ring (bicyclic) bond motifs is 2. The van der Waals surface area contributed by atoms with E-state index in [1.165, 1.54) is 24.3 Å². The molecule has 6 rings (SSSR count). The number of aromatic amines is 1. The maximum atomic E-state index is 14.1. The highest BCUT2D eigenvalue weighted by Crippen LogP contribution is 2.54. The van der Waals surface area contributed by atoms with E-state index in [-0.39, 0.29) is 18.1 Å². The van der Waals surface area contributed by atoms with Gasteiger partial charge in [-0.05, 0) is 61.5 Å². The molecule has 1 saturated heterocycles. The number of anilines is 2. The zero-order chi connectivity index (χ0) is 31.0. The van der Waals surface area contributed by atoms with E-state index in [4.69, 9.17) is 21.1 Å². The third-order valence-electron chi connectivity index (χ3n) is 7.20. The predicted octanol–water partition coefficient (Wildman–Crippen LogP) is 5.08. The third-order valence-corrected chi connectivity index (χ3v) is 9.85. The highest BCUT2D eigenvalue weighted by Gasteiger charge is 2.56. The molecule has 1 fully saturated rings. The molecule has 13 heteroatoms. The first-order valence-electron chi connectivity index (χ1n) is 13.6. The number of rotatable bonds is 8. The Labute approximate surface area is 264 Å². The van der Waals surface area contributed by atoms with Gasteiger partial charge in [0.1, 0.15) is 11.0 Å². The molecule has 0 saturated carbocycles. The minimum atomic E-state index is -0.858. The van der Waals surface area contributed by atoms with E-state index in [1.807, 2.05) is 0 Å². The van der Waals surface area contributed by atoms with Crippen LogP contribution in [-0.4, -0.2) is 47.1 Å². The lowest BCUT2D eigenvalue weighted by Gasteiger charge is -2.30. The van der Waals surface area contributed by atoms with Gasteiger partial charge in [0, 0.05) is 27.1 Å². The van der Waals surface area contributed by atoms with E-state index in [9.17, 15) is 24.0 Å². The smallest absolute Gasteiger partial charge is 0.338 e. The number of hydrogen-bond donors (Lipinski definition) is 2. The van der Waals surface area contributed by atoms with Gasteiger partial charge in [0.2, 0.25) is 11.8 Å². The number of ether oxygens (including phenoxy) is 2. The van der Waals surface area contributed by atoms with E-state index >= 15 is 0 Å². The van der Waals surface area contributed by atoms with Crippen LogP contribution in [0.5, 0.6) is 5.75 Å². The van der Waals surface area contributed by atoms with Gasteiger partial charge < -0.3 is 19.8 Å². The Balaban J connectivity index is 1.31. The fourth-order valence-electron chi connectivity index (χ4n) is 5.31. The van der Waals surface area contributed by atoms with Crippen molar-refractivity contribution in [1.29, 1.82) is 0 Å². The molecule has 0 radical (unpaired) electrons. The first kappa shape index (κ1) is 29.7. The first-order valence-corrected chi connectivity index (χ1v) is 15.6. The number of hydrogen-bond acceptors (Lipinski definition) is 9. The number of benzene rings is 3. The SMILES string of the molecule is CCOC(=O)c1ccc(N2C(=O)[C@H]3[C@H](c4ccccc4OCC(=O)Nc4ccc(Cl)cc4)c4sc(=O)[nH]c4S[C@H]3C2=O)cc1. The molecule has 44 heavy (non-hydrogen) atoms. The van der Waals surface area contributed by atoms with Crippen LogP contribution in [0.1, 0.15) is 33.6 Å². The Bertz CT molecular complexity index is 1820. The van der Waals surface area contributed by atoms with Crippen LogP contribution in [0.2, 0.25) is 5.02 Å². The Kier molecular flexibility index (Phi) is 8.30. The second-order valence-corrected chi connectivity index (χ2v) is 12.5. The summed E-state index contributed by atoms with van der Waals surface area (Å²) in [4.78, 5) is 69.4. The Hall–Kier alpha value is -4.39. The maximum absolute atomic E-state index is 14.1. The molecule has 0 unspecified atom stereocenters. The van der Waals surface area contributed by atoms with Crippen LogP contribution < -0.4 is 19.8 Å². The number of aromatic nitrogens is 1. The third kappa shape index (κ3) is 5.63. The maximum Gasteiger partial charge on any atom is 0.338 e. The van der Waals surface area contributed by atoms with Crippen LogP contribution in [0.4, 0.5) is 11.4 Å². The van der Waals surface area contributed by atoms with Crippen LogP contribution in [-0.2, 0) is 19.1 Å². The molecule has 1 aromatic heterocycles. The number of thioether (sulfide) groups is 1. The number of esters is 1. The normalized spacial score (nSPS) is 18.9. The molecule has 3 aromatic carbocycles. The van der Waals surface area contributed by atoms with E-state index in [0.29, 0.717) is 43.2 Å². The number of nitrogens with zero attached hydrogens (tertiary/aromatic N) is 1. The summed E-state index contributed by atoms with van der Waals surface area (Å²) in [5.74, 6) is -3.00. The van der Waals surface area contributed by atoms with E-state index in [1.54, 1.807) is 55.5 Å². The topological polar surface area (TPSA) is 135 Å². The summed E-state index contributed by atoms with van der Waals surface area (Å²) in [6.07, 6.45) is 0. The average molecular weight is 650 g/mol. The van der Waals surface area contributed by atoms with E-state index < -0.39 is 40.8 Å². The Morgan fingerprint density at radius 2 is 1.70 bits per heavy atom. The van der Waals surface area contributed by atoms with Crippen molar-refractivity contribution in [2.24, 2.45) is 5.92 Å². The number of para-hydroxylation sites is 1. The molecular formula is C31H24ClN3O7S2. The Morgan fingerprint density at radius 3 is 2.43 bits per heavy atom. The lowest BCUT2D eigenvalue weighted by Crippen LogP contribution is -2.32. The molecule has 2 N–H and O–H groups in total. The Morgan fingerprint density at radius 1 is 0.977 bits per heavy atom. The molecule has 3 atom stereocenters. The molecule has 10 nitrogen and oxygen atoms in total. The molecule has 3 heterocycles. The van der Waals surface area contributed by atoms with Crippen molar-refractivity contribution in [3.05, 3.63) is 103 Å². The highest BCUT2D eigenvalue weighted by atomic mass is 35.5. The van der Waals surface area contributed by atoms with Crippen LogP contribution in [0.25, 0.3) is 0 Å². The number of nitrogens with one attached hydrogen (secondary N) is 2. The fraction of sp³-hybridized carbons (Fsp3) is 0.194. The van der Waals surface area contributed by atoms with Crippen molar-refractivity contribution in [1.82, 2.24) is 4.98 Å². The first-order chi connectivity index (χ1) is 21.2. The number of thiazole rings is 1. The largest absolute Gasteiger partial charge is 0.483 e. The van der Waals surface area contributed by atoms with Gasteiger partial charge in [0.05, 0.1) is 28.8 Å². The summed E-state index contributed by atoms with van der Waals surface area (Å²) in [7, 11) is 0. The van der Waals surface area contributed by atoms with Gasteiger partial charge in [0.15, 0.2) is 6.61 Å². The summed E-state index contributed by atoms with van der Waals surface area (Å²) in [5, 5.41) is 2.98. The van der Waals surface area contributed by atoms with Crippen molar-refractivity contribution in [3.63, 3.8) is 0 Å². The van der Waals surface area contributed by atoms with Gasteiger partial charge >= 0.3 is 10.8 Å². The van der Waals surface area contributed by atoms with Gasteiger partial charge in [0.25, 0.3) is 5.91 Å². The number of halogens is 1. The number of imide groups is 1. The van der Waals surface area contributed by atoms with Gasteiger partial charge in [-0.1, -0.05) is 52.9 Å². The van der Waals surface area contributed by atoms with Crippen LogP contribution in [0, 0.1) is 5.92 Å². The van der Waals surface area contributed by atoms with E-state index in [2.05, 4.69) is 10.3 Å². The summed E-state index contributed by atoms with van der Waals surface area (Å²) in [6, 6.07) is 19.7. The van der Waals surface area contributed by atoms with E-state index in [0.717, 1.165) is 28.0 Å². The minimum absolute atomic E-state index is 0.218. The number of carbonyl (C=O) groups is 4. The van der Waals surface area contributed by atoms with Gasteiger partial charge in [-0.25, -0.2) is 9.69 Å². The molecule has 2 aliphatic rings. The molecule has 4 aromatic rings. The van der Waals surface area contributed by atoms with Crippen LogP contribution in [0.15, 0.2) is 82.6 Å². The van der Waals surface area contributed by atoms with Crippen molar-refractivity contribution < 1.29 is 28.7 Å². The second-order valence-electron chi connectivity index (χ2n) is 9.91. The van der Waals surface area contributed by atoms with Crippen LogP contribution >= 0.6 is 34.7 Å². The number of H-pyrrole nitrogens is 1. The molecule has 224 valence electrons. The van der Waals surface area contributed by atoms with Crippen molar-refractivity contribution in [2.75, 3.05) is 23.4 Å². The zero-order valence-corrected chi connectivity index (χ0v) is 25.5. The summed E-state index contributed by atoms with van der Waals surface area (Å²) in [6.45, 7) is 1.60. The lowest BCUT2D eigenvalue weighted by molar-refractivity contribution is -0.122. The monoisotopic (exact) mass is 649 g/mol. The van der Waals surface area contributed by atoms with Crippen LogP contribution in [0.3, 0.4) is 0 Å².